The van der Waals surface area contributed by atoms with Crippen molar-refractivity contribution in [2.75, 3.05) is 72.0 Å². The molecule has 1 heterocycles. The van der Waals surface area contributed by atoms with E-state index in [1.165, 1.54) is 72.0 Å². The average Bonchev–Trinajstić information content (AvgIpc) is 2.47. The molecule has 0 spiro atoms. The molecule has 126 valence electrons. The summed E-state index contributed by atoms with van der Waals surface area (Å²) >= 11 is 0. The molecule has 1 saturated heterocycles. The average molecular weight is 299 g/mol. The minimum absolute atomic E-state index is 0.650. The van der Waals surface area contributed by atoms with E-state index in [1.54, 1.807) is 0 Å². The van der Waals surface area contributed by atoms with Crippen LogP contribution in [-0.2, 0) is 0 Å². The van der Waals surface area contributed by atoms with Gasteiger partial charge in [0.2, 0.25) is 0 Å². The molecule has 0 radical (unpaired) electrons. The molecule has 1 fully saturated rings. The van der Waals surface area contributed by atoms with Gasteiger partial charge in [0.1, 0.15) is 0 Å². The van der Waals surface area contributed by atoms with E-state index in [0.717, 1.165) is 0 Å². The molecule has 0 saturated carbocycles. The molecule has 0 bridgehead atoms. The Labute approximate surface area is 133 Å². The van der Waals surface area contributed by atoms with Crippen LogP contribution in [-0.4, -0.2) is 97.6 Å². The van der Waals surface area contributed by atoms with Crippen molar-refractivity contribution in [2.45, 2.75) is 40.7 Å². The SMILES string of the molecule is CCN1CCN(CC)CCN(C(C)C)CCN(CC)CC1. The molecule has 21 heavy (non-hydrogen) atoms. The van der Waals surface area contributed by atoms with Crippen LogP contribution in [0.2, 0.25) is 0 Å². The summed E-state index contributed by atoms with van der Waals surface area (Å²) in [4.78, 5) is 10.5. The zero-order valence-electron chi connectivity index (χ0n) is 15.1. The lowest BCUT2D eigenvalue weighted by atomic mass is 10.2. The number of hydrogen-bond donors (Lipinski definition) is 0. The monoisotopic (exact) mass is 298 g/mol. The number of nitrogens with zero attached hydrogens (tertiary/aromatic N) is 4. The van der Waals surface area contributed by atoms with E-state index in [2.05, 4.69) is 54.2 Å². The number of hydrogen-bond acceptors (Lipinski definition) is 4. The molecule has 4 heteroatoms. The van der Waals surface area contributed by atoms with Gasteiger partial charge < -0.3 is 14.7 Å². The summed E-state index contributed by atoms with van der Waals surface area (Å²) in [5.74, 6) is 0. The number of rotatable bonds is 4. The van der Waals surface area contributed by atoms with Crippen LogP contribution in [0.1, 0.15) is 34.6 Å². The Balaban J connectivity index is 2.65. The summed E-state index contributed by atoms with van der Waals surface area (Å²) in [5, 5.41) is 0. The van der Waals surface area contributed by atoms with Gasteiger partial charge in [0, 0.05) is 58.4 Å². The zero-order chi connectivity index (χ0) is 15.7. The molecular weight excluding hydrogens is 260 g/mol. The normalized spacial score (nSPS) is 23.1. The summed E-state index contributed by atoms with van der Waals surface area (Å²) in [6.45, 7) is 24.7. The highest BCUT2D eigenvalue weighted by Gasteiger charge is 2.15. The Morgan fingerprint density at radius 1 is 0.571 bits per heavy atom. The van der Waals surface area contributed by atoms with Crippen molar-refractivity contribution in [3.05, 3.63) is 0 Å². The first kappa shape index (κ1) is 18.9. The molecule has 4 nitrogen and oxygen atoms in total. The van der Waals surface area contributed by atoms with Crippen LogP contribution in [0.25, 0.3) is 0 Å². The Bertz CT molecular complexity index is 237. The van der Waals surface area contributed by atoms with Gasteiger partial charge >= 0.3 is 0 Å². The van der Waals surface area contributed by atoms with Crippen molar-refractivity contribution >= 4 is 0 Å². The maximum absolute atomic E-state index is 2.64. The van der Waals surface area contributed by atoms with E-state index in [1.807, 2.05) is 0 Å². The highest BCUT2D eigenvalue weighted by Crippen LogP contribution is 2.03. The molecule has 0 aromatic rings. The molecule has 0 amide bonds. The standard InChI is InChI=1S/C17H38N4/c1-6-18-9-11-19(7-2)13-15-21(17(4)5)16-14-20(8-3)12-10-18/h17H,6-16H2,1-5H3. The van der Waals surface area contributed by atoms with E-state index in [-0.39, 0.29) is 0 Å². The fourth-order valence-corrected chi connectivity index (χ4v) is 3.02. The Hall–Kier alpha value is -0.160. The van der Waals surface area contributed by atoms with Crippen LogP contribution in [0.5, 0.6) is 0 Å². The van der Waals surface area contributed by atoms with Crippen molar-refractivity contribution in [1.29, 1.82) is 0 Å². The second-order valence-electron chi connectivity index (χ2n) is 6.43. The predicted molar refractivity (Wildman–Crippen MR) is 93.1 cm³/mol. The lowest BCUT2D eigenvalue weighted by Gasteiger charge is -2.34. The van der Waals surface area contributed by atoms with Crippen LogP contribution >= 0.6 is 0 Å². The van der Waals surface area contributed by atoms with Crippen LogP contribution in [0, 0.1) is 0 Å². The van der Waals surface area contributed by atoms with Gasteiger partial charge in [-0.15, -0.1) is 0 Å². The second-order valence-corrected chi connectivity index (χ2v) is 6.43. The highest BCUT2D eigenvalue weighted by atomic mass is 15.3. The van der Waals surface area contributed by atoms with Gasteiger partial charge in [0.05, 0.1) is 0 Å². The fourth-order valence-electron chi connectivity index (χ4n) is 3.02. The Morgan fingerprint density at radius 2 is 0.857 bits per heavy atom. The first-order valence-corrected chi connectivity index (χ1v) is 9.01. The maximum atomic E-state index is 2.64. The third-order valence-electron chi connectivity index (χ3n) is 4.94. The summed E-state index contributed by atoms with van der Waals surface area (Å²) in [5.41, 5.74) is 0. The first-order valence-electron chi connectivity index (χ1n) is 9.01. The quantitative estimate of drug-likeness (QED) is 0.783. The van der Waals surface area contributed by atoms with E-state index in [0.29, 0.717) is 6.04 Å². The molecule has 0 aromatic heterocycles. The van der Waals surface area contributed by atoms with Crippen LogP contribution in [0.15, 0.2) is 0 Å². The van der Waals surface area contributed by atoms with Crippen LogP contribution < -0.4 is 0 Å². The second kappa shape index (κ2) is 10.5. The van der Waals surface area contributed by atoms with Gasteiger partial charge in [-0.2, -0.15) is 0 Å². The minimum Gasteiger partial charge on any atom is -0.301 e. The molecule has 0 aliphatic carbocycles. The summed E-state index contributed by atoms with van der Waals surface area (Å²) in [6.07, 6.45) is 0. The smallest absolute Gasteiger partial charge is 0.0113 e. The predicted octanol–water partition coefficient (Wildman–Crippen LogP) is 1.68. The fraction of sp³-hybridized carbons (Fsp3) is 1.00. The summed E-state index contributed by atoms with van der Waals surface area (Å²) < 4.78 is 0. The van der Waals surface area contributed by atoms with Crippen molar-refractivity contribution < 1.29 is 0 Å². The largest absolute Gasteiger partial charge is 0.301 e. The highest BCUT2D eigenvalue weighted by molar-refractivity contribution is 4.72. The van der Waals surface area contributed by atoms with Gasteiger partial charge in [-0.1, -0.05) is 20.8 Å². The zero-order valence-corrected chi connectivity index (χ0v) is 15.1. The third kappa shape index (κ3) is 7.09. The molecule has 0 aromatic carbocycles. The number of likely N-dealkylation sites (N-methyl/N-ethyl adjacent to an activating group) is 3. The van der Waals surface area contributed by atoms with Crippen molar-refractivity contribution in [3.63, 3.8) is 0 Å². The minimum atomic E-state index is 0.650. The molecule has 1 aliphatic heterocycles. The van der Waals surface area contributed by atoms with Crippen molar-refractivity contribution in [3.8, 4) is 0 Å². The molecule has 0 atom stereocenters. The van der Waals surface area contributed by atoms with Gasteiger partial charge in [0.25, 0.3) is 0 Å². The summed E-state index contributed by atoms with van der Waals surface area (Å²) in [7, 11) is 0. The van der Waals surface area contributed by atoms with E-state index < -0.39 is 0 Å². The summed E-state index contributed by atoms with van der Waals surface area (Å²) in [6, 6.07) is 0.650. The molecule has 0 unspecified atom stereocenters. The Kier molecular flexibility index (Phi) is 9.49. The van der Waals surface area contributed by atoms with Gasteiger partial charge in [-0.25, -0.2) is 0 Å². The molecule has 1 rings (SSSR count). The molecular formula is C17H38N4. The lowest BCUT2D eigenvalue weighted by molar-refractivity contribution is 0.125. The van der Waals surface area contributed by atoms with Crippen molar-refractivity contribution in [1.82, 2.24) is 19.6 Å². The van der Waals surface area contributed by atoms with Gasteiger partial charge in [-0.3, -0.25) is 4.90 Å². The molecule has 1 aliphatic rings. The van der Waals surface area contributed by atoms with Gasteiger partial charge in [0.15, 0.2) is 0 Å². The maximum Gasteiger partial charge on any atom is 0.0113 e. The van der Waals surface area contributed by atoms with Gasteiger partial charge in [-0.05, 0) is 33.5 Å². The van der Waals surface area contributed by atoms with Crippen LogP contribution in [0.4, 0.5) is 0 Å². The van der Waals surface area contributed by atoms with Crippen molar-refractivity contribution in [2.24, 2.45) is 0 Å². The van der Waals surface area contributed by atoms with E-state index in [4.69, 9.17) is 0 Å². The molecule has 0 N–H and O–H groups in total. The van der Waals surface area contributed by atoms with Crippen LogP contribution in [0.3, 0.4) is 0 Å². The van der Waals surface area contributed by atoms with E-state index in [9.17, 15) is 0 Å². The first-order chi connectivity index (χ1) is 10.1. The third-order valence-corrected chi connectivity index (χ3v) is 4.94. The topological polar surface area (TPSA) is 13.0 Å². The lowest BCUT2D eigenvalue weighted by Crippen LogP contribution is -2.47. The van der Waals surface area contributed by atoms with E-state index >= 15 is 0 Å². The Morgan fingerprint density at radius 3 is 1.10 bits per heavy atom.